The summed E-state index contributed by atoms with van der Waals surface area (Å²) in [5.74, 6) is -1.84. The van der Waals surface area contributed by atoms with Gasteiger partial charge in [0.2, 0.25) is 0 Å². The van der Waals surface area contributed by atoms with Crippen molar-refractivity contribution < 1.29 is 52.3 Å². The second kappa shape index (κ2) is 13.8. The highest BCUT2D eigenvalue weighted by molar-refractivity contribution is 6.31. The van der Waals surface area contributed by atoms with Gasteiger partial charge < -0.3 is 33.2 Å². The maximum Gasteiger partial charge on any atom is 0.303 e. The minimum absolute atomic E-state index is 0.201. The van der Waals surface area contributed by atoms with E-state index in [0.29, 0.717) is 22.4 Å². The summed E-state index contributed by atoms with van der Waals surface area (Å²) in [5, 5.41) is 0.507. The Balaban J connectivity index is 1.38. The van der Waals surface area contributed by atoms with Gasteiger partial charge in [0.15, 0.2) is 18.3 Å². The van der Waals surface area contributed by atoms with Crippen LogP contribution in [0.4, 0.5) is 0 Å². The molecule has 0 radical (unpaired) electrons. The summed E-state index contributed by atoms with van der Waals surface area (Å²) in [5.41, 5.74) is 2.64. The topological polar surface area (TPSA) is 133 Å². The zero-order valence-corrected chi connectivity index (χ0v) is 26.4. The van der Waals surface area contributed by atoms with E-state index in [0.717, 1.165) is 42.9 Å². The van der Waals surface area contributed by atoms with Crippen molar-refractivity contribution in [3.8, 4) is 5.75 Å². The maximum absolute atomic E-state index is 12.2. The first-order valence-corrected chi connectivity index (χ1v) is 15.2. The third-order valence-corrected chi connectivity index (χ3v) is 8.52. The molecular weight excluding hydrogens is 608 g/mol. The van der Waals surface area contributed by atoms with E-state index in [1.165, 1.54) is 27.7 Å². The third kappa shape index (κ3) is 7.95. The highest BCUT2D eigenvalue weighted by Crippen LogP contribution is 2.48. The van der Waals surface area contributed by atoms with E-state index in [2.05, 4.69) is 0 Å². The summed E-state index contributed by atoms with van der Waals surface area (Å²) < 4.78 is 39.6. The molecule has 1 spiro atoms. The Hall–Kier alpha value is -3.67. The number of hydrogen-bond acceptors (Lipinski definition) is 11. The molecule has 242 valence electrons. The lowest BCUT2D eigenvalue weighted by Gasteiger charge is -2.52. The van der Waals surface area contributed by atoms with E-state index in [4.69, 9.17) is 44.8 Å². The van der Waals surface area contributed by atoms with Gasteiger partial charge in [0.05, 0.1) is 13.2 Å². The molecule has 5 atom stereocenters. The van der Waals surface area contributed by atoms with Crippen LogP contribution in [-0.4, -0.2) is 74.2 Å². The fourth-order valence-corrected chi connectivity index (χ4v) is 6.30. The van der Waals surface area contributed by atoms with E-state index >= 15 is 0 Å². The Morgan fingerprint density at radius 3 is 2.02 bits per heavy atom. The van der Waals surface area contributed by atoms with Gasteiger partial charge in [-0.05, 0) is 54.2 Å². The number of benzene rings is 2. The number of ether oxygens (including phenoxy) is 7. The first kappa shape index (κ1) is 32.7. The molecule has 2 aliphatic heterocycles. The molecule has 0 amide bonds. The van der Waals surface area contributed by atoms with Crippen LogP contribution in [0.2, 0.25) is 5.02 Å². The third-order valence-electron chi connectivity index (χ3n) is 8.15. The summed E-state index contributed by atoms with van der Waals surface area (Å²) in [6.07, 6.45) is -3.04. The predicted molar refractivity (Wildman–Crippen MR) is 159 cm³/mol. The minimum atomic E-state index is -1.26. The fourth-order valence-electron chi connectivity index (χ4n) is 6.12. The van der Waals surface area contributed by atoms with Gasteiger partial charge in [-0.2, -0.15) is 0 Å². The van der Waals surface area contributed by atoms with Crippen LogP contribution in [-0.2, 0) is 54.0 Å². The van der Waals surface area contributed by atoms with Crippen LogP contribution in [0, 0.1) is 5.41 Å². The van der Waals surface area contributed by atoms with Crippen LogP contribution in [0.15, 0.2) is 42.5 Å². The number of halogens is 1. The standard InChI is InChI=1S/C33H37ClO11/c1-18(35)40-15-28-30(41-19(2)36)32(43-21(4)38)31(42-20(3)37)29(45-28)23-7-10-27(34)24(12-23)11-22-5-8-25(9-6-22)44-26-13-33(14-26)16-39-17-33/h5-10,12,26,28-32H,11,13-17H2,1-4H3/t28-,29?,30-,31+,32+/m1/s1. The molecule has 2 aromatic carbocycles. The summed E-state index contributed by atoms with van der Waals surface area (Å²) in [6, 6.07) is 13.1. The van der Waals surface area contributed by atoms with Crippen molar-refractivity contribution in [2.24, 2.45) is 5.41 Å². The Morgan fingerprint density at radius 1 is 0.822 bits per heavy atom. The predicted octanol–water partition coefficient (Wildman–Crippen LogP) is 4.29. The minimum Gasteiger partial charge on any atom is -0.490 e. The van der Waals surface area contributed by atoms with E-state index < -0.39 is 54.4 Å². The van der Waals surface area contributed by atoms with Crippen molar-refractivity contribution in [1.82, 2.24) is 0 Å². The van der Waals surface area contributed by atoms with Crippen LogP contribution in [0.3, 0.4) is 0 Å². The molecule has 5 rings (SSSR count). The van der Waals surface area contributed by atoms with Crippen LogP contribution in [0.25, 0.3) is 0 Å². The first-order chi connectivity index (χ1) is 21.4. The van der Waals surface area contributed by atoms with Crippen molar-refractivity contribution in [3.63, 3.8) is 0 Å². The lowest BCUT2D eigenvalue weighted by molar-refractivity contribution is -0.254. The summed E-state index contributed by atoms with van der Waals surface area (Å²) >= 11 is 6.62. The lowest BCUT2D eigenvalue weighted by atomic mass is 9.65. The highest BCUT2D eigenvalue weighted by Gasteiger charge is 2.53. The number of carbonyl (C=O) groups is 4. The average molecular weight is 645 g/mol. The Kier molecular flexibility index (Phi) is 10.0. The second-order valence-corrected chi connectivity index (χ2v) is 12.3. The normalized spacial score (nSPS) is 25.3. The van der Waals surface area contributed by atoms with Gasteiger partial charge in [-0.15, -0.1) is 0 Å². The van der Waals surface area contributed by atoms with Crippen LogP contribution >= 0.6 is 11.6 Å². The number of rotatable bonds is 10. The van der Waals surface area contributed by atoms with Gasteiger partial charge in [-0.3, -0.25) is 19.2 Å². The van der Waals surface area contributed by atoms with E-state index in [9.17, 15) is 19.2 Å². The first-order valence-electron chi connectivity index (χ1n) is 14.8. The van der Waals surface area contributed by atoms with Crippen LogP contribution < -0.4 is 4.74 Å². The van der Waals surface area contributed by atoms with E-state index in [1.54, 1.807) is 12.1 Å². The molecule has 2 heterocycles. The van der Waals surface area contributed by atoms with E-state index in [-0.39, 0.29) is 12.7 Å². The molecule has 3 fully saturated rings. The largest absolute Gasteiger partial charge is 0.490 e. The molecule has 1 saturated carbocycles. The molecule has 2 aromatic rings. The van der Waals surface area contributed by atoms with Gasteiger partial charge in [-0.25, -0.2) is 0 Å². The quantitative estimate of drug-likeness (QED) is 0.271. The molecule has 12 heteroatoms. The summed E-state index contributed by atoms with van der Waals surface area (Å²) in [7, 11) is 0. The Morgan fingerprint density at radius 2 is 1.44 bits per heavy atom. The monoisotopic (exact) mass is 644 g/mol. The van der Waals surface area contributed by atoms with Gasteiger partial charge in [0.1, 0.15) is 30.7 Å². The second-order valence-electron chi connectivity index (χ2n) is 11.9. The van der Waals surface area contributed by atoms with Crippen LogP contribution in [0.5, 0.6) is 5.75 Å². The zero-order chi connectivity index (χ0) is 32.3. The van der Waals surface area contributed by atoms with Crippen molar-refractivity contribution >= 4 is 35.5 Å². The van der Waals surface area contributed by atoms with Crippen molar-refractivity contribution in [1.29, 1.82) is 0 Å². The molecular formula is C33H37ClO11. The molecule has 1 unspecified atom stereocenters. The van der Waals surface area contributed by atoms with Gasteiger partial charge in [0.25, 0.3) is 0 Å². The molecule has 3 aliphatic rings. The van der Waals surface area contributed by atoms with Crippen molar-refractivity contribution in [2.45, 2.75) is 83.6 Å². The van der Waals surface area contributed by atoms with Crippen molar-refractivity contribution in [3.05, 3.63) is 64.2 Å². The molecule has 2 saturated heterocycles. The van der Waals surface area contributed by atoms with E-state index in [1.807, 2.05) is 30.3 Å². The average Bonchev–Trinajstić information content (AvgIpc) is 2.92. The molecule has 45 heavy (non-hydrogen) atoms. The highest BCUT2D eigenvalue weighted by atomic mass is 35.5. The number of esters is 4. The van der Waals surface area contributed by atoms with Gasteiger partial charge in [0, 0.05) is 38.1 Å². The molecule has 11 nitrogen and oxygen atoms in total. The smallest absolute Gasteiger partial charge is 0.303 e. The summed E-state index contributed by atoms with van der Waals surface area (Å²) in [6.45, 7) is 6.13. The molecule has 0 N–H and O–H groups in total. The molecule has 0 aromatic heterocycles. The molecule has 1 aliphatic carbocycles. The van der Waals surface area contributed by atoms with Gasteiger partial charge >= 0.3 is 23.9 Å². The fraction of sp³-hybridized carbons (Fsp3) is 0.515. The maximum atomic E-state index is 12.2. The van der Waals surface area contributed by atoms with Crippen molar-refractivity contribution in [2.75, 3.05) is 19.8 Å². The molecule has 0 bridgehead atoms. The summed E-state index contributed by atoms with van der Waals surface area (Å²) in [4.78, 5) is 48.1. The number of hydrogen-bond donors (Lipinski definition) is 0. The van der Waals surface area contributed by atoms with Crippen LogP contribution in [0.1, 0.15) is 63.3 Å². The Labute approximate surface area is 266 Å². The van der Waals surface area contributed by atoms with Gasteiger partial charge in [-0.1, -0.05) is 35.9 Å². The zero-order valence-electron chi connectivity index (χ0n) is 25.6. The SMILES string of the molecule is CC(=O)OC[C@H]1OC(c2ccc(Cl)c(Cc3ccc(OC4CC5(COC5)C4)cc3)c2)[C@H](OC(C)=O)[C@@H](OC(C)=O)[C@@H]1OC(C)=O. The lowest BCUT2D eigenvalue weighted by Crippen LogP contribution is -2.59. The Bertz CT molecular complexity index is 1410. The number of carbonyl (C=O) groups excluding carboxylic acids is 4.